The molecule has 6 nitrogen and oxygen atoms in total. The van der Waals surface area contributed by atoms with Crippen LogP contribution in [0.3, 0.4) is 0 Å². The monoisotopic (exact) mass is 390 g/mol. The number of aromatic nitrogens is 3. The summed E-state index contributed by atoms with van der Waals surface area (Å²) in [4.78, 5) is 4.29. The third kappa shape index (κ3) is 3.33. The highest BCUT2D eigenvalue weighted by Gasteiger charge is 2.38. The van der Waals surface area contributed by atoms with E-state index in [2.05, 4.69) is 20.5 Å². The van der Waals surface area contributed by atoms with Crippen LogP contribution in [0.1, 0.15) is 25.3 Å². The number of nitrogens with zero attached hydrogens (tertiary/aromatic N) is 3. The van der Waals surface area contributed by atoms with Crippen LogP contribution in [0.4, 0.5) is 19.0 Å². The number of anilines is 1. The topological polar surface area (TPSA) is 91.2 Å². The Morgan fingerprint density at radius 1 is 1.18 bits per heavy atom. The first-order valence-corrected chi connectivity index (χ1v) is 8.65. The normalized spacial score (nSPS) is 22.1. The average molecular weight is 390 g/mol. The second-order valence-electron chi connectivity index (χ2n) is 7.27. The van der Waals surface area contributed by atoms with Gasteiger partial charge in [-0.25, -0.2) is 0 Å². The minimum Gasteiger partial charge on any atom is -0.507 e. The first-order chi connectivity index (χ1) is 13.1. The number of phenolic OH excluding ortho intramolecular Hbond substituents is 1. The molecule has 0 bridgehead atoms. The molecule has 1 aromatic carbocycles. The molecule has 0 saturated heterocycles. The minimum absolute atomic E-state index is 0.0398. The number of aliphatic hydroxyl groups is 1. The summed E-state index contributed by atoms with van der Waals surface area (Å²) in [7, 11) is 0. The highest BCUT2D eigenvalue weighted by atomic mass is 19.4. The largest absolute Gasteiger partial charge is 0.507 e. The van der Waals surface area contributed by atoms with Crippen LogP contribution in [0.15, 0.2) is 36.5 Å². The van der Waals surface area contributed by atoms with Crippen molar-refractivity contribution in [3.63, 3.8) is 0 Å². The van der Waals surface area contributed by atoms with Crippen molar-refractivity contribution in [1.82, 2.24) is 15.2 Å². The SMILES string of the molecule is CC1(O)CC(Nc2nnc(-c3ccc(C(F)(F)F)cc3O)c3ncccc23)C1. The van der Waals surface area contributed by atoms with Crippen LogP contribution < -0.4 is 5.32 Å². The number of hydrogen-bond acceptors (Lipinski definition) is 6. The third-order valence-corrected chi connectivity index (χ3v) is 4.83. The molecule has 0 amide bonds. The maximum atomic E-state index is 12.8. The lowest BCUT2D eigenvalue weighted by atomic mass is 9.77. The summed E-state index contributed by atoms with van der Waals surface area (Å²) in [5.41, 5.74) is -0.948. The van der Waals surface area contributed by atoms with Gasteiger partial charge in [0.1, 0.15) is 17.0 Å². The molecule has 1 fully saturated rings. The fourth-order valence-corrected chi connectivity index (χ4v) is 3.48. The van der Waals surface area contributed by atoms with Crippen molar-refractivity contribution >= 4 is 16.7 Å². The second-order valence-corrected chi connectivity index (χ2v) is 7.27. The molecular formula is C19H17F3N4O2. The molecule has 0 aliphatic heterocycles. The molecule has 0 radical (unpaired) electrons. The molecule has 3 aromatic rings. The number of aromatic hydroxyl groups is 1. The van der Waals surface area contributed by atoms with Crippen LogP contribution in [0.2, 0.25) is 0 Å². The zero-order valence-corrected chi connectivity index (χ0v) is 14.8. The van der Waals surface area contributed by atoms with Crippen molar-refractivity contribution < 1.29 is 23.4 Å². The molecule has 2 aromatic heterocycles. The van der Waals surface area contributed by atoms with Gasteiger partial charge in [-0.15, -0.1) is 10.2 Å². The molecule has 4 rings (SSSR count). The van der Waals surface area contributed by atoms with Gasteiger partial charge < -0.3 is 15.5 Å². The van der Waals surface area contributed by atoms with Gasteiger partial charge in [0, 0.05) is 23.2 Å². The Balaban J connectivity index is 1.74. The smallest absolute Gasteiger partial charge is 0.416 e. The molecular weight excluding hydrogens is 373 g/mol. The van der Waals surface area contributed by atoms with Gasteiger partial charge >= 0.3 is 6.18 Å². The lowest BCUT2D eigenvalue weighted by molar-refractivity contribution is -0.137. The third-order valence-electron chi connectivity index (χ3n) is 4.83. The maximum Gasteiger partial charge on any atom is 0.416 e. The highest BCUT2D eigenvalue weighted by Crippen LogP contribution is 2.39. The van der Waals surface area contributed by atoms with E-state index in [1.807, 2.05) is 0 Å². The second kappa shape index (κ2) is 6.30. The van der Waals surface area contributed by atoms with Gasteiger partial charge in [-0.1, -0.05) is 0 Å². The van der Waals surface area contributed by atoms with Gasteiger partial charge in [-0.05, 0) is 50.1 Å². The standard InChI is InChI=1S/C19H17F3N4O2/c1-18(28)8-11(9-18)24-17-13-3-2-6-23-15(13)16(25-26-17)12-5-4-10(7-14(12)27)19(20,21)22/h2-7,11,27-28H,8-9H2,1H3,(H,24,26). The van der Waals surface area contributed by atoms with Gasteiger partial charge in [0.15, 0.2) is 5.82 Å². The van der Waals surface area contributed by atoms with Gasteiger partial charge in [0.05, 0.1) is 11.2 Å². The maximum absolute atomic E-state index is 12.8. The fraction of sp³-hybridized carbons (Fsp3) is 0.316. The number of phenols is 1. The molecule has 3 N–H and O–H groups in total. The Hall–Kier alpha value is -2.94. The molecule has 146 valence electrons. The first-order valence-electron chi connectivity index (χ1n) is 8.65. The number of benzene rings is 1. The number of nitrogens with one attached hydrogen (secondary N) is 1. The van der Waals surface area contributed by atoms with Gasteiger partial charge in [0.25, 0.3) is 0 Å². The number of halogens is 3. The van der Waals surface area contributed by atoms with Crippen LogP contribution in [0.5, 0.6) is 5.75 Å². The van der Waals surface area contributed by atoms with E-state index in [-0.39, 0.29) is 17.3 Å². The summed E-state index contributed by atoms with van der Waals surface area (Å²) in [5, 5.41) is 32.1. The predicted octanol–water partition coefficient (Wildman–Crippen LogP) is 3.74. The number of alkyl halides is 3. The van der Waals surface area contributed by atoms with E-state index in [0.717, 1.165) is 12.1 Å². The summed E-state index contributed by atoms with van der Waals surface area (Å²) in [6.45, 7) is 1.76. The van der Waals surface area contributed by atoms with E-state index in [0.29, 0.717) is 35.6 Å². The lowest BCUT2D eigenvalue weighted by Gasteiger charge is -2.41. The van der Waals surface area contributed by atoms with Crippen molar-refractivity contribution in [2.45, 2.75) is 37.6 Å². The van der Waals surface area contributed by atoms with Crippen molar-refractivity contribution in [3.8, 4) is 17.0 Å². The Kier molecular flexibility index (Phi) is 4.15. The quantitative estimate of drug-likeness (QED) is 0.631. The van der Waals surface area contributed by atoms with E-state index in [1.165, 1.54) is 6.20 Å². The molecule has 1 aliphatic carbocycles. The van der Waals surface area contributed by atoms with Crippen LogP contribution in [0, 0.1) is 0 Å². The molecule has 9 heteroatoms. The van der Waals surface area contributed by atoms with Gasteiger partial charge in [0.2, 0.25) is 0 Å². The molecule has 0 unspecified atom stereocenters. The van der Waals surface area contributed by atoms with Crippen LogP contribution in [-0.2, 0) is 6.18 Å². The summed E-state index contributed by atoms with van der Waals surface area (Å²) in [5.74, 6) is -0.0782. The van der Waals surface area contributed by atoms with E-state index >= 15 is 0 Å². The Morgan fingerprint density at radius 3 is 2.57 bits per heavy atom. The molecule has 0 atom stereocenters. The summed E-state index contributed by atoms with van der Waals surface area (Å²) in [6.07, 6.45) is -1.89. The number of fused-ring (bicyclic) bond motifs is 1. The predicted molar refractivity (Wildman–Crippen MR) is 96.7 cm³/mol. The van der Waals surface area contributed by atoms with Crippen molar-refractivity contribution in [2.75, 3.05) is 5.32 Å². The van der Waals surface area contributed by atoms with E-state index in [1.54, 1.807) is 19.1 Å². The van der Waals surface area contributed by atoms with E-state index < -0.39 is 23.1 Å². The van der Waals surface area contributed by atoms with E-state index in [9.17, 15) is 23.4 Å². The van der Waals surface area contributed by atoms with Crippen molar-refractivity contribution in [2.24, 2.45) is 0 Å². The van der Waals surface area contributed by atoms with Crippen LogP contribution >= 0.6 is 0 Å². The number of pyridine rings is 1. The van der Waals surface area contributed by atoms with Crippen LogP contribution in [0.25, 0.3) is 22.2 Å². The number of hydrogen-bond donors (Lipinski definition) is 3. The lowest BCUT2D eigenvalue weighted by Crippen LogP contribution is -2.48. The Morgan fingerprint density at radius 2 is 1.93 bits per heavy atom. The highest BCUT2D eigenvalue weighted by molar-refractivity contribution is 5.98. The Bertz CT molecular complexity index is 1050. The molecule has 28 heavy (non-hydrogen) atoms. The van der Waals surface area contributed by atoms with E-state index in [4.69, 9.17) is 0 Å². The summed E-state index contributed by atoms with van der Waals surface area (Å²) < 4.78 is 38.5. The van der Waals surface area contributed by atoms with Gasteiger partial charge in [-0.2, -0.15) is 13.2 Å². The van der Waals surface area contributed by atoms with Crippen molar-refractivity contribution in [1.29, 1.82) is 0 Å². The first kappa shape index (κ1) is 18.4. The Labute approximate surface area is 158 Å². The molecule has 1 saturated carbocycles. The molecule has 1 aliphatic rings. The average Bonchev–Trinajstić information content (AvgIpc) is 2.60. The van der Waals surface area contributed by atoms with Crippen molar-refractivity contribution in [3.05, 3.63) is 42.1 Å². The zero-order chi connectivity index (χ0) is 20.1. The summed E-state index contributed by atoms with van der Waals surface area (Å²) in [6, 6.07) is 6.22. The molecule has 2 heterocycles. The zero-order valence-electron chi connectivity index (χ0n) is 14.8. The fourth-order valence-electron chi connectivity index (χ4n) is 3.48. The van der Waals surface area contributed by atoms with Gasteiger partial charge in [-0.3, -0.25) is 4.98 Å². The van der Waals surface area contributed by atoms with Crippen LogP contribution in [-0.4, -0.2) is 37.0 Å². The summed E-state index contributed by atoms with van der Waals surface area (Å²) >= 11 is 0. The number of rotatable bonds is 3. The minimum atomic E-state index is -4.56. The molecule has 0 spiro atoms.